The highest BCUT2D eigenvalue weighted by molar-refractivity contribution is 6.42. The van der Waals surface area contributed by atoms with Crippen LogP contribution in [0.25, 0.3) is 0 Å². The van der Waals surface area contributed by atoms with E-state index in [1.54, 1.807) is 6.07 Å². The number of aliphatic hydroxyl groups excluding tert-OH is 1. The molecule has 0 fully saturated rings. The minimum atomic E-state index is -0.614. The molecule has 1 N–H and O–H groups in total. The van der Waals surface area contributed by atoms with Crippen molar-refractivity contribution in [2.75, 3.05) is 0 Å². The number of aryl methyl sites for hydroxylation is 2. The lowest BCUT2D eigenvalue weighted by Crippen LogP contribution is -2.04. The van der Waals surface area contributed by atoms with Crippen LogP contribution >= 0.6 is 23.2 Å². The van der Waals surface area contributed by atoms with Gasteiger partial charge in [-0.1, -0.05) is 35.3 Å². The van der Waals surface area contributed by atoms with E-state index in [0.717, 1.165) is 22.5 Å². The highest BCUT2D eigenvalue weighted by Gasteiger charge is 2.13. The molecule has 2 rings (SSSR count). The zero-order chi connectivity index (χ0) is 14.0. The maximum Gasteiger partial charge on any atom is 0.0832 e. The van der Waals surface area contributed by atoms with E-state index >= 15 is 0 Å². The lowest BCUT2D eigenvalue weighted by atomic mass is 10.0. The molecular formula is C15H15Cl2NO. The molecule has 100 valence electrons. The normalized spacial score (nSPS) is 12.5. The Balaban J connectivity index is 2.25. The van der Waals surface area contributed by atoms with Crippen LogP contribution in [0.4, 0.5) is 0 Å². The molecule has 19 heavy (non-hydrogen) atoms. The summed E-state index contributed by atoms with van der Waals surface area (Å²) >= 11 is 12.1. The number of halogens is 2. The van der Waals surface area contributed by atoms with Gasteiger partial charge in [0.1, 0.15) is 0 Å². The number of hydrogen-bond acceptors (Lipinski definition) is 2. The van der Waals surface area contributed by atoms with Gasteiger partial charge in [0.2, 0.25) is 0 Å². The van der Waals surface area contributed by atoms with Crippen molar-refractivity contribution in [3.8, 4) is 0 Å². The van der Waals surface area contributed by atoms with Crippen LogP contribution in [0.1, 0.15) is 28.6 Å². The van der Waals surface area contributed by atoms with Gasteiger partial charge >= 0.3 is 0 Å². The summed E-state index contributed by atoms with van der Waals surface area (Å²) in [5.74, 6) is 0. The summed E-state index contributed by atoms with van der Waals surface area (Å²) < 4.78 is 0. The van der Waals surface area contributed by atoms with Gasteiger partial charge in [0.25, 0.3) is 0 Å². The van der Waals surface area contributed by atoms with E-state index in [4.69, 9.17) is 23.2 Å². The van der Waals surface area contributed by atoms with Crippen molar-refractivity contribution >= 4 is 23.2 Å². The Morgan fingerprint density at radius 2 is 1.79 bits per heavy atom. The average molecular weight is 296 g/mol. The van der Waals surface area contributed by atoms with E-state index in [0.29, 0.717) is 16.5 Å². The second kappa shape index (κ2) is 5.91. The molecule has 1 unspecified atom stereocenters. The van der Waals surface area contributed by atoms with Crippen LogP contribution in [0.3, 0.4) is 0 Å². The fourth-order valence-electron chi connectivity index (χ4n) is 2.09. The number of aromatic nitrogens is 1. The number of benzene rings is 1. The molecule has 0 aliphatic carbocycles. The monoisotopic (exact) mass is 295 g/mol. The summed E-state index contributed by atoms with van der Waals surface area (Å²) in [7, 11) is 0. The van der Waals surface area contributed by atoms with Gasteiger partial charge in [0.15, 0.2) is 0 Å². The first kappa shape index (κ1) is 14.3. The Hall–Kier alpha value is -1.09. The maximum absolute atomic E-state index is 10.3. The van der Waals surface area contributed by atoms with E-state index in [9.17, 15) is 5.11 Å². The van der Waals surface area contributed by atoms with Gasteiger partial charge in [0.05, 0.1) is 16.1 Å². The summed E-state index contributed by atoms with van der Waals surface area (Å²) in [6.45, 7) is 3.82. The minimum absolute atomic E-state index is 0.433. The molecule has 0 bridgehead atoms. The minimum Gasteiger partial charge on any atom is -0.388 e. The zero-order valence-electron chi connectivity index (χ0n) is 10.8. The quantitative estimate of drug-likeness (QED) is 0.917. The smallest absolute Gasteiger partial charge is 0.0832 e. The van der Waals surface area contributed by atoms with Crippen molar-refractivity contribution in [2.45, 2.75) is 26.4 Å². The topological polar surface area (TPSA) is 33.1 Å². The van der Waals surface area contributed by atoms with Gasteiger partial charge in [-0.25, -0.2) is 0 Å². The molecule has 1 heterocycles. The Bertz CT molecular complexity index is 578. The third-order valence-electron chi connectivity index (χ3n) is 2.93. The summed E-state index contributed by atoms with van der Waals surface area (Å²) in [4.78, 5) is 4.30. The standard InChI is InChI=1S/C15H15Cl2NO/c1-9-6-12(7-10(2)18-9)14(19)8-11-4-3-5-13(16)15(11)17/h3-7,14,19H,8H2,1-2H3. The van der Waals surface area contributed by atoms with E-state index in [1.807, 2.05) is 38.1 Å². The van der Waals surface area contributed by atoms with Crippen LogP contribution in [-0.4, -0.2) is 10.1 Å². The SMILES string of the molecule is Cc1cc(C(O)Cc2cccc(Cl)c2Cl)cc(C)n1. The van der Waals surface area contributed by atoms with Crippen LogP contribution in [-0.2, 0) is 6.42 Å². The third kappa shape index (κ3) is 3.47. The molecule has 0 aliphatic heterocycles. The van der Waals surface area contributed by atoms with Crippen molar-refractivity contribution in [2.24, 2.45) is 0 Å². The summed E-state index contributed by atoms with van der Waals surface area (Å²) in [6, 6.07) is 9.21. The fourth-order valence-corrected chi connectivity index (χ4v) is 2.49. The van der Waals surface area contributed by atoms with Crippen molar-refractivity contribution in [1.29, 1.82) is 0 Å². The molecule has 1 aromatic carbocycles. The summed E-state index contributed by atoms with van der Waals surface area (Å²) in [6.07, 6.45) is -0.182. The Morgan fingerprint density at radius 3 is 2.42 bits per heavy atom. The third-order valence-corrected chi connectivity index (χ3v) is 3.79. The van der Waals surface area contributed by atoms with Crippen molar-refractivity contribution < 1.29 is 5.11 Å². The zero-order valence-corrected chi connectivity index (χ0v) is 12.3. The summed E-state index contributed by atoms with van der Waals surface area (Å²) in [5, 5.41) is 11.3. The van der Waals surface area contributed by atoms with Crippen LogP contribution in [0.5, 0.6) is 0 Å². The second-order valence-corrected chi connectivity index (χ2v) is 5.40. The predicted molar refractivity (Wildman–Crippen MR) is 78.8 cm³/mol. The lowest BCUT2D eigenvalue weighted by molar-refractivity contribution is 0.178. The summed E-state index contributed by atoms with van der Waals surface area (Å²) in [5.41, 5.74) is 3.48. The molecule has 0 radical (unpaired) electrons. The highest BCUT2D eigenvalue weighted by Crippen LogP contribution is 2.29. The molecule has 2 nitrogen and oxygen atoms in total. The first-order valence-corrected chi connectivity index (χ1v) is 6.79. The molecule has 0 spiro atoms. The first-order chi connectivity index (χ1) is 8.97. The molecule has 4 heteroatoms. The predicted octanol–water partition coefficient (Wildman–Crippen LogP) is 4.28. The molecule has 0 aliphatic rings. The van der Waals surface area contributed by atoms with Gasteiger partial charge in [-0.2, -0.15) is 0 Å². The first-order valence-electron chi connectivity index (χ1n) is 6.03. The lowest BCUT2D eigenvalue weighted by Gasteiger charge is -2.14. The fraction of sp³-hybridized carbons (Fsp3) is 0.267. The van der Waals surface area contributed by atoms with Gasteiger partial charge < -0.3 is 5.11 Å². The Morgan fingerprint density at radius 1 is 1.16 bits per heavy atom. The maximum atomic E-state index is 10.3. The van der Waals surface area contributed by atoms with Crippen LogP contribution in [0, 0.1) is 13.8 Å². The van der Waals surface area contributed by atoms with E-state index < -0.39 is 6.10 Å². The molecule has 0 amide bonds. The van der Waals surface area contributed by atoms with Crippen LogP contribution < -0.4 is 0 Å². The molecule has 0 saturated carbocycles. The number of aliphatic hydroxyl groups is 1. The molecule has 1 atom stereocenters. The van der Waals surface area contributed by atoms with E-state index in [1.165, 1.54) is 0 Å². The van der Waals surface area contributed by atoms with Crippen molar-refractivity contribution in [3.63, 3.8) is 0 Å². The number of hydrogen-bond donors (Lipinski definition) is 1. The van der Waals surface area contributed by atoms with Gasteiger partial charge in [-0.15, -0.1) is 0 Å². The van der Waals surface area contributed by atoms with Gasteiger partial charge in [0, 0.05) is 17.8 Å². The molecular weight excluding hydrogens is 281 g/mol. The number of rotatable bonds is 3. The second-order valence-electron chi connectivity index (χ2n) is 4.62. The van der Waals surface area contributed by atoms with Gasteiger partial charge in [-0.3, -0.25) is 4.98 Å². The largest absolute Gasteiger partial charge is 0.388 e. The molecule has 2 aromatic rings. The van der Waals surface area contributed by atoms with Crippen LogP contribution in [0.2, 0.25) is 10.0 Å². The van der Waals surface area contributed by atoms with Gasteiger partial charge in [-0.05, 0) is 43.2 Å². The average Bonchev–Trinajstić information content (AvgIpc) is 2.33. The number of nitrogens with zero attached hydrogens (tertiary/aromatic N) is 1. The van der Waals surface area contributed by atoms with Crippen molar-refractivity contribution in [3.05, 3.63) is 62.9 Å². The number of pyridine rings is 1. The molecule has 1 aromatic heterocycles. The highest BCUT2D eigenvalue weighted by atomic mass is 35.5. The van der Waals surface area contributed by atoms with E-state index in [2.05, 4.69) is 4.98 Å². The Kier molecular flexibility index (Phi) is 4.46. The molecule has 0 saturated heterocycles. The van der Waals surface area contributed by atoms with Crippen LogP contribution in [0.15, 0.2) is 30.3 Å². The van der Waals surface area contributed by atoms with Crippen molar-refractivity contribution in [1.82, 2.24) is 4.98 Å². The van der Waals surface area contributed by atoms with E-state index in [-0.39, 0.29) is 0 Å². The Labute approximate surface area is 123 Å².